The van der Waals surface area contributed by atoms with Crippen molar-refractivity contribution >= 4 is 29.0 Å². The van der Waals surface area contributed by atoms with Gasteiger partial charge >= 0.3 is 0 Å². The molecule has 0 unspecified atom stereocenters. The number of hydrogen-bond acceptors (Lipinski definition) is 5. The molecule has 0 fully saturated rings. The van der Waals surface area contributed by atoms with Gasteiger partial charge in [-0.3, -0.25) is 4.79 Å². The monoisotopic (exact) mass is 415 g/mol. The van der Waals surface area contributed by atoms with Crippen molar-refractivity contribution in [1.29, 1.82) is 0 Å². The number of aromatic nitrogens is 2. The Labute approximate surface area is 172 Å². The molecule has 1 amide bonds. The largest absolute Gasteiger partial charge is 0.352 e. The smallest absolute Gasteiger partial charge is 0.254 e. The third-order valence-corrected chi connectivity index (χ3v) is 6.18. The Hall–Kier alpha value is -2.25. The van der Waals surface area contributed by atoms with Crippen LogP contribution in [0, 0.1) is 12.7 Å². The van der Waals surface area contributed by atoms with Crippen LogP contribution < -0.4 is 5.32 Å². The summed E-state index contributed by atoms with van der Waals surface area (Å²) in [5.74, 6) is 0.265. The molecule has 0 atom stereocenters. The van der Waals surface area contributed by atoms with Gasteiger partial charge in [0, 0.05) is 29.6 Å². The molecule has 1 aromatic carbocycles. The van der Waals surface area contributed by atoms with E-state index in [9.17, 15) is 9.18 Å². The van der Waals surface area contributed by atoms with Crippen molar-refractivity contribution in [2.24, 2.45) is 0 Å². The Kier molecular flexibility index (Phi) is 7.56. The SMILES string of the molecule is Cc1csc(CCCCNC(=O)c2cccnc2SCc2ccc(F)cc2)n1. The molecule has 3 rings (SSSR count). The van der Waals surface area contributed by atoms with Gasteiger partial charge in [0.2, 0.25) is 0 Å². The van der Waals surface area contributed by atoms with Crippen molar-refractivity contribution in [1.82, 2.24) is 15.3 Å². The van der Waals surface area contributed by atoms with Gasteiger partial charge in [-0.05, 0) is 56.0 Å². The highest BCUT2D eigenvalue weighted by atomic mass is 32.2. The Balaban J connectivity index is 1.47. The van der Waals surface area contributed by atoms with Crippen LogP contribution in [-0.4, -0.2) is 22.4 Å². The lowest BCUT2D eigenvalue weighted by molar-refractivity contribution is 0.0949. The summed E-state index contributed by atoms with van der Waals surface area (Å²) in [5.41, 5.74) is 2.63. The van der Waals surface area contributed by atoms with Gasteiger partial charge in [0.05, 0.1) is 10.6 Å². The molecule has 1 N–H and O–H groups in total. The number of pyridine rings is 1. The molecule has 0 spiro atoms. The van der Waals surface area contributed by atoms with E-state index < -0.39 is 0 Å². The van der Waals surface area contributed by atoms with Crippen molar-refractivity contribution in [3.05, 3.63) is 75.6 Å². The number of carbonyl (C=O) groups is 1. The molecule has 2 aromatic heterocycles. The zero-order valence-corrected chi connectivity index (χ0v) is 17.3. The van der Waals surface area contributed by atoms with Gasteiger partial charge in [-0.1, -0.05) is 12.1 Å². The van der Waals surface area contributed by atoms with Crippen LogP contribution in [0.3, 0.4) is 0 Å². The topological polar surface area (TPSA) is 54.9 Å². The Morgan fingerprint density at radius 2 is 2.04 bits per heavy atom. The van der Waals surface area contributed by atoms with Crippen molar-refractivity contribution < 1.29 is 9.18 Å². The van der Waals surface area contributed by atoms with Crippen LogP contribution in [0.1, 0.15) is 39.5 Å². The van der Waals surface area contributed by atoms with Gasteiger partial charge in [0.25, 0.3) is 5.91 Å². The zero-order valence-electron chi connectivity index (χ0n) is 15.7. The number of nitrogens with one attached hydrogen (secondary N) is 1. The summed E-state index contributed by atoms with van der Waals surface area (Å²) in [5, 5.41) is 6.87. The molecule has 0 aliphatic carbocycles. The van der Waals surface area contributed by atoms with E-state index in [-0.39, 0.29) is 11.7 Å². The molecule has 0 aliphatic rings. The van der Waals surface area contributed by atoms with E-state index in [1.807, 2.05) is 6.92 Å². The highest BCUT2D eigenvalue weighted by molar-refractivity contribution is 7.98. The molecule has 0 saturated heterocycles. The van der Waals surface area contributed by atoms with Crippen molar-refractivity contribution in [2.75, 3.05) is 6.54 Å². The van der Waals surface area contributed by atoms with Gasteiger partial charge in [0.1, 0.15) is 10.8 Å². The van der Waals surface area contributed by atoms with Crippen LogP contribution in [0.15, 0.2) is 53.0 Å². The number of carbonyl (C=O) groups excluding carboxylic acids is 1. The first kappa shape index (κ1) is 20.5. The third kappa shape index (κ3) is 6.14. The Morgan fingerprint density at radius 3 is 2.79 bits per heavy atom. The minimum absolute atomic E-state index is 0.111. The van der Waals surface area contributed by atoms with Gasteiger partial charge in [-0.15, -0.1) is 23.1 Å². The number of amides is 1. The molecule has 0 aliphatic heterocycles. The fourth-order valence-electron chi connectivity index (χ4n) is 2.63. The first-order valence-corrected chi connectivity index (χ1v) is 11.0. The summed E-state index contributed by atoms with van der Waals surface area (Å²) < 4.78 is 13.0. The number of aryl methyl sites for hydroxylation is 2. The maximum absolute atomic E-state index is 13.0. The average Bonchev–Trinajstić information content (AvgIpc) is 3.12. The number of thiazole rings is 1. The number of benzene rings is 1. The quantitative estimate of drug-likeness (QED) is 0.393. The van der Waals surface area contributed by atoms with Crippen LogP contribution in [-0.2, 0) is 12.2 Å². The predicted molar refractivity (Wildman–Crippen MR) is 112 cm³/mol. The van der Waals surface area contributed by atoms with Gasteiger partial charge < -0.3 is 5.32 Å². The molecule has 2 heterocycles. The molecule has 4 nitrogen and oxygen atoms in total. The second-order valence-electron chi connectivity index (χ2n) is 6.37. The maximum Gasteiger partial charge on any atom is 0.254 e. The molecule has 28 heavy (non-hydrogen) atoms. The second-order valence-corrected chi connectivity index (χ2v) is 8.27. The first-order chi connectivity index (χ1) is 13.6. The maximum atomic E-state index is 13.0. The minimum atomic E-state index is -0.253. The highest BCUT2D eigenvalue weighted by Gasteiger charge is 2.12. The van der Waals surface area contributed by atoms with Gasteiger partial charge in [0.15, 0.2) is 0 Å². The second kappa shape index (κ2) is 10.3. The molecule has 7 heteroatoms. The highest BCUT2D eigenvalue weighted by Crippen LogP contribution is 2.24. The van der Waals surface area contributed by atoms with E-state index in [4.69, 9.17) is 0 Å². The number of hydrogen-bond donors (Lipinski definition) is 1. The number of halogens is 1. The lowest BCUT2D eigenvalue weighted by Gasteiger charge is -2.09. The standard InChI is InChI=1S/C21H22FN3OS2/c1-15-13-27-19(25-15)6-2-3-11-23-20(26)18-5-4-12-24-21(18)28-14-16-7-9-17(22)10-8-16/h4-5,7-10,12-13H,2-3,6,11,14H2,1H3,(H,23,26). The van der Waals surface area contributed by atoms with Crippen LogP contribution in [0.4, 0.5) is 4.39 Å². The normalized spacial score (nSPS) is 10.8. The molecule has 146 valence electrons. The van der Waals surface area contributed by atoms with Crippen LogP contribution in [0.25, 0.3) is 0 Å². The van der Waals surface area contributed by atoms with Crippen LogP contribution in [0.2, 0.25) is 0 Å². The van der Waals surface area contributed by atoms with E-state index in [1.165, 1.54) is 23.9 Å². The van der Waals surface area contributed by atoms with E-state index in [2.05, 4.69) is 20.7 Å². The summed E-state index contributed by atoms with van der Waals surface area (Å²) >= 11 is 3.16. The van der Waals surface area contributed by atoms with Crippen molar-refractivity contribution in [2.45, 2.75) is 37.0 Å². The number of thioether (sulfide) groups is 1. The van der Waals surface area contributed by atoms with Crippen LogP contribution in [0.5, 0.6) is 0 Å². The molecule has 0 saturated carbocycles. The molecule has 3 aromatic rings. The zero-order chi connectivity index (χ0) is 19.8. The fraction of sp³-hybridized carbons (Fsp3) is 0.286. The Bertz CT molecular complexity index is 912. The lowest BCUT2D eigenvalue weighted by atomic mass is 10.2. The van der Waals surface area contributed by atoms with E-state index in [0.717, 1.165) is 35.5 Å². The van der Waals surface area contributed by atoms with Crippen molar-refractivity contribution in [3.63, 3.8) is 0 Å². The summed E-state index contributed by atoms with van der Waals surface area (Å²) in [6, 6.07) is 9.92. The van der Waals surface area contributed by atoms with Gasteiger partial charge in [-0.25, -0.2) is 14.4 Å². The molecular weight excluding hydrogens is 393 g/mol. The fourth-order valence-corrected chi connectivity index (χ4v) is 4.39. The average molecular weight is 416 g/mol. The van der Waals surface area contributed by atoms with E-state index >= 15 is 0 Å². The number of unbranched alkanes of at least 4 members (excludes halogenated alkanes) is 1. The van der Waals surface area contributed by atoms with Crippen LogP contribution >= 0.6 is 23.1 Å². The third-order valence-electron chi connectivity index (χ3n) is 4.07. The minimum Gasteiger partial charge on any atom is -0.352 e. The van der Waals surface area contributed by atoms with E-state index in [1.54, 1.807) is 41.8 Å². The number of nitrogens with zero attached hydrogens (tertiary/aromatic N) is 2. The first-order valence-electron chi connectivity index (χ1n) is 9.13. The van der Waals surface area contributed by atoms with E-state index in [0.29, 0.717) is 22.9 Å². The van der Waals surface area contributed by atoms with Gasteiger partial charge in [-0.2, -0.15) is 0 Å². The summed E-state index contributed by atoms with van der Waals surface area (Å²) in [6.45, 7) is 2.62. The molecule has 0 radical (unpaired) electrons. The molecular formula is C21H22FN3OS2. The number of rotatable bonds is 9. The lowest BCUT2D eigenvalue weighted by Crippen LogP contribution is -2.25. The predicted octanol–water partition coefficient (Wildman–Crippen LogP) is 5.03. The molecule has 0 bridgehead atoms. The summed E-state index contributed by atoms with van der Waals surface area (Å²) in [6.07, 6.45) is 4.52. The van der Waals surface area contributed by atoms with Crippen molar-refractivity contribution in [3.8, 4) is 0 Å². The Morgan fingerprint density at radius 1 is 1.21 bits per heavy atom. The summed E-state index contributed by atoms with van der Waals surface area (Å²) in [4.78, 5) is 21.3. The summed E-state index contributed by atoms with van der Waals surface area (Å²) in [7, 11) is 0.